The van der Waals surface area contributed by atoms with Gasteiger partial charge in [0, 0.05) is 23.0 Å². The number of rotatable bonds is 5. The van der Waals surface area contributed by atoms with Crippen LogP contribution < -0.4 is 10.6 Å². The number of carbonyl (C=O) groups excluding carboxylic acids is 2. The monoisotopic (exact) mass is 388 g/mol. The molecule has 0 aliphatic rings. The zero-order chi connectivity index (χ0) is 20.9. The van der Waals surface area contributed by atoms with Gasteiger partial charge in [0.25, 0.3) is 5.91 Å². The van der Waals surface area contributed by atoms with Crippen LogP contribution in [0.1, 0.15) is 42.5 Å². The first-order valence-corrected chi connectivity index (χ1v) is 9.36. The molecule has 0 aliphatic heterocycles. The average molecular weight is 388 g/mol. The topological polar surface area (TPSA) is 71.3 Å². The van der Waals surface area contributed by atoms with Crippen molar-refractivity contribution in [3.8, 4) is 0 Å². The molecule has 29 heavy (non-hydrogen) atoms. The SMILES string of the molecule is CC(C)(C)c1ccc(C(=O)Nc2ccc(NC(=O)/C=C\c3ccco3)cc2)cc1. The molecular formula is C24H24N2O3. The molecule has 0 saturated heterocycles. The Balaban J connectivity index is 1.57. The van der Waals surface area contributed by atoms with E-state index in [9.17, 15) is 9.59 Å². The van der Waals surface area contributed by atoms with Crippen LogP contribution in [0, 0.1) is 0 Å². The molecule has 5 heteroatoms. The highest BCUT2D eigenvalue weighted by Crippen LogP contribution is 2.22. The second kappa shape index (κ2) is 8.61. The third-order valence-corrected chi connectivity index (χ3v) is 4.37. The number of carbonyl (C=O) groups is 2. The van der Waals surface area contributed by atoms with Crippen molar-refractivity contribution in [2.45, 2.75) is 26.2 Å². The Hall–Kier alpha value is -3.60. The molecule has 0 atom stereocenters. The average Bonchev–Trinajstić information content (AvgIpc) is 3.21. The normalized spacial score (nSPS) is 11.4. The lowest BCUT2D eigenvalue weighted by molar-refractivity contribution is -0.111. The van der Waals surface area contributed by atoms with Gasteiger partial charge in [-0.25, -0.2) is 0 Å². The largest absolute Gasteiger partial charge is 0.465 e. The summed E-state index contributed by atoms with van der Waals surface area (Å²) in [5, 5.41) is 5.62. The van der Waals surface area contributed by atoms with Crippen molar-refractivity contribution in [1.29, 1.82) is 0 Å². The van der Waals surface area contributed by atoms with E-state index in [0.29, 0.717) is 22.7 Å². The number of furan rings is 1. The highest BCUT2D eigenvalue weighted by molar-refractivity contribution is 6.05. The Labute approximate surface area is 170 Å². The van der Waals surface area contributed by atoms with Gasteiger partial charge >= 0.3 is 0 Å². The van der Waals surface area contributed by atoms with E-state index in [1.54, 1.807) is 48.7 Å². The molecule has 0 unspecified atom stereocenters. The van der Waals surface area contributed by atoms with Crippen molar-refractivity contribution in [3.63, 3.8) is 0 Å². The summed E-state index contributed by atoms with van der Waals surface area (Å²) in [4.78, 5) is 24.4. The molecular weight excluding hydrogens is 364 g/mol. The van der Waals surface area contributed by atoms with Crippen LogP contribution in [0.25, 0.3) is 6.08 Å². The predicted molar refractivity (Wildman–Crippen MR) is 116 cm³/mol. The van der Waals surface area contributed by atoms with E-state index in [0.717, 1.165) is 0 Å². The van der Waals surface area contributed by atoms with Gasteiger partial charge in [-0.3, -0.25) is 9.59 Å². The van der Waals surface area contributed by atoms with Gasteiger partial charge < -0.3 is 15.1 Å². The third kappa shape index (κ3) is 5.69. The molecule has 0 aliphatic carbocycles. The first-order valence-electron chi connectivity index (χ1n) is 9.36. The fourth-order valence-electron chi connectivity index (χ4n) is 2.69. The molecule has 0 bridgehead atoms. The smallest absolute Gasteiger partial charge is 0.255 e. The lowest BCUT2D eigenvalue weighted by Gasteiger charge is -2.19. The lowest BCUT2D eigenvalue weighted by Crippen LogP contribution is -2.14. The van der Waals surface area contributed by atoms with Crippen molar-refractivity contribution in [3.05, 3.63) is 89.9 Å². The van der Waals surface area contributed by atoms with E-state index in [4.69, 9.17) is 4.42 Å². The molecule has 0 saturated carbocycles. The molecule has 0 fully saturated rings. The van der Waals surface area contributed by atoms with Crippen LogP contribution in [-0.4, -0.2) is 11.8 Å². The van der Waals surface area contributed by atoms with Gasteiger partial charge in [-0.2, -0.15) is 0 Å². The number of benzene rings is 2. The van der Waals surface area contributed by atoms with E-state index >= 15 is 0 Å². The summed E-state index contributed by atoms with van der Waals surface area (Å²) in [6.07, 6.45) is 4.54. The van der Waals surface area contributed by atoms with E-state index < -0.39 is 0 Å². The summed E-state index contributed by atoms with van der Waals surface area (Å²) in [6, 6.07) is 18.1. The molecule has 0 spiro atoms. The van der Waals surface area contributed by atoms with Crippen molar-refractivity contribution < 1.29 is 14.0 Å². The maximum absolute atomic E-state index is 12.4. The summed E-state index contributed by atoms with van der Waals surface area (Å²) >= 11 is 0. The molecule has 0 radical (unpaired) electrons. The second-order valence-electron chi connectivity index (χ2n) is 7.70. The highest BCUT2D eigenvalue weighted by atomic mass is 16.3. The van der Waals surface area contributed by atoms with Crippen LogP contribution in [0.2, 0.25) is 0 Å². The minimum absolute atomic E-state index is 0.0441. The Morgan fingerprint density at radius 3 is 2.03 bits per heavy atom. The Morgan fingerprint density at radius 1 is 0.862 bits per heavy atom. The molecule has 5 nitrogen and oxygen atoms in total. The third-order valence-electron chi connectivity index (χ3n) is 4.37. The van der Waals surface area contributed by atoms with E-state index in [2.05, 4.69) is 31.4 Å². The van der Waals surface area contributed by atoms with Gasteiger partial charge in [-0.1, -0.05) is 32.9 Å². The van der Waals surface area contributed by atoms with Crippen LogP contribution >= 0.6 is 0 Å². The summed E-state index contributed by atoms with van der Waals surface area (Å²) in [7, 11) is 0. The first kappa shape index (κ1) is 20.1. The molecule has 3 aromatic rings. The minimum atomic E-state index is -0.267. The molecule has 148 valence electrons. The van der Waals surface area contributed by atoms with Crippen molar-refractivity contribution in [2.75, 3.05) is 10.6 Å². The maximum atomic E-state index is 12.4. The first-order chi connectivity index (χ1) is 13.8. The van der Waals surface area contributed by atoms with Crippen LogP contribution in [-0.2, 0) is 10.2 Å². The zero-order valence-electron chi connectivity index (χ0n) is 16.7. The predicted octanol–water partition coefficient (Wildman–Crippen LogP) is 5.48. The van der Waals surface area contributed by atoms with Gasteiger partial charge in [0.1, 0.15) is 5.76 Å². The summed E-state index contributed by atoms with van der Waals surface area (Å²) in [5.74, 6) is 0.162. The number of nitrogens with one attached hydrogen (secondary N) is 2. The van der Waals surface area contributed by atoms with Gasteiger partial charge in [0.05, 0.1) is 6.26 Å². The maximum Gasteiger partial charge on any atom is 0.255 e. The fraction of sp³-hybridized carbons (Fsp3) is 0.167. The minimum Gasteiger partial charge on any atom is -0.465 e. The number of hydrogen-bond acceptors (Lipinski definition) is 3. The summed E-state index contributed by atoms with van der Waals surface area (Å²) < 4.78 is 5.14. The lowest BCUT2D eigenvalue weighted by atomic mass is 9.87. The van der Waals surface area contributed by atoms with Gasteiger partial charge in [0.2, 0.25) is 5.91 Å². The molecule has 2 N–H and O–H groups in total. The van der Waals surface area contributed by atoms with Gasteiger partial charge in [-0.05, 0) is 65.6 Å². The van der Waals surface area contributed by atoms with E-state index in [-0.39, 0.29) is 17.2 Å². The van der Waals surface area contributed by atoms with Crippen LogP contribution in [0.15, 0.2) is 77.4 Å². The highest BCUT2D eigenvalue weighted by Gasteiger charge is 2.14. The molecule has 1 aromatic heterocycles. The summed E-state index contributed by atoms with van der Waals surface area (Å²) in [5.41, 5.74) is 3.10. The van der Waals surface area contributed by atoms with Gasteiger partial charge in [0.15, 0.2) is 0 Å². The Kier molecular flexibility index (Phi) is 5.98. The molecule has 2 amide bonds. The van der Waals surface area contributed by atoms with E-state index in [1.165, 1.54) is 11.6 Å². The number of hydrogen-bond donors (Lipinski definition) is 2. The van der Waals surface area contributed by atoms with Crippen LogP contribution in [0.5, 0.6) is 0 Å². The molecule has 3 rings (SSSR count). The summed E-state index contributed by atoms with van der Waals surface area (Å²) in [6.45, 7) is 6.40. The Morgan fingerprint density at radius 2 is 1.48 bits per heavy atom. The number of amides is 2. The fourth-order valence-corrected chi connectivity index (χ4v) is 2.69. The van der Waals surface area contributed by atoms with Crippen LogP contribution in [0.4, 0.5) is 11.4 Å². The standard InChI is InChI=1S/C24H24N2O3/c1-24(2,3)18-8-6-17(7-9-18)23(28)26-20-12-10-19(11-13-20)25-22(27)15-14-21-5-4-16-29-21/h4-16H,1-3H3,(H,25,27)(H,26,28)/b15-14-. The molecule has 2 aromatic carbocycles. The number of anilines is 2. The Bertz CT molecular complexity index is 994. The van der Waals surface area contributed by atoms with Crippen molar-refractivity contribution in [2.24, 2.45) is 0 Å². The zero-order valence-corrected chi connectivity index (χ0v) is 16.7. The van der Waals surface area contributed by atoms with E-state index in [1.807, 2.05) is 24.3 Å². The van der Waals surface area contributed by atoms with Crippen molar-refractivity contribution >= 4 is 29.3 Å². The van der Waals surface area contributed by atoms with Gasteiger partial charge in [-0.15, -0.1) is 0 Å². The second-order valence-corrected chi connectivity index (χ2v) is 7.70. The quantitative estimate of drug-likeness (QED) is 0.569. The molecule has 1 heterocycles. The van der Waals surface area contributed by atoms with Crippen molar-refractivity contribution in [1.82, 2.24) is 0 Å². The van der Waals surface area contributed by atoms with Crippen LogP contribution in [0.3, 0.4) is 0 Å².